The largest absolute Gasteiger partial charge is 0.497 e. The van der Waals surface area contributed by atoms with Gasteiger partial charge in [-0.2, -0.15) is 0 Å². The molecular formula is C20H27N5O. The normalized spacial score (nSPS) is 15.1. The van der Waals surface area contributed by atoms with Gasteiger partial charge in [0.15, 0.2) is 5.96 Å². The van der Waals surface area contributed by atoms with Gasteiger partial charge in [0.05, 0.1) is 13.7 Å². The highest BCUT2D eigenvalue weighted by atomic mass is 16.5. The number of aliphatic imine (C=N–C) groups is 1. The molecule has 138 valence electrons. The first-order valence-corrected chi connectivity index (χ1v) is 9.12. The monoisotopic (exact) mass is 353 g/mol. The predicted molar refractivity (Wildman–Crippen MR) is 106 cm³/mol. The first-order chi connectivity index (χ1) is 12.8. The highest BCUT2D eigenvalue weighted by Gasteiger charge is 2.20. The molecule has 26 heavy (non-hydrogen) atoms. The molecular weight excluding hydrogens is 326 g/mol. The zero-order chi connectivity index (χ0) is 18.2. The van der Waals surface area contributed by atoms with Crippen LogP contribution in [0.2, 0.25) is 0 Å². The third-order valence-corrected chi connectivity index (χ3v) is 4.46. The lowest BCUT2D eigenvalue weighted by atomic mass is 10.2. The molecule has 0 bridgehead atoms. The molecule has 0 saturated carbocycles. The van der Waals surface area contributed by atoms with Gasteiger partial charge < -0.3 is 19.9 Å². The minimum Gasteiger partial charge on any atom is -0.497 e. The second kappa shape index (κ2) is 9.08. The fourth-order valence-electron chi connectivity index (χ4n) is 3.01. The predicted octanol–water partition coefficient (Wildman–Crippen LogP) is 2.38. The molecule has 3 rings (SSSR count). The van der Waals surface area contributed by atoms with Gasteiger partial charge in [0.1, 0.15) is 11.6 Å². The molecule has 1 N–H and O–H groups in total. The standard InChI is InChI=1S/C20H27N5O/c1-3-21-20(23-16-17-7-9-18(26-2)10-8-17)25-14-12-24(13-15-25)19-6-4-5-11-22-19/h4-11H,3,12-16H2,1-2H3,(H,21,23). The minimum atomic E-state index is 0.660. The minimum absolute atomic E-state index is 0.660. The number of ether oxygens (including phenoxy) is 1. The van der Waals surface area contributed by atoms with Crippen LogP contribution in [0.1, 0.15) is 12.5 Å². The molecule has 0 aliphatic carbocycles. The Balaban J connectivity index is 1.60. The van der Waals surface area contributed by atoms with E-state index in [1.165, 1.54) is 5.56 Å². The molecule has 1 aliphatic rings. The SMILES string of the molecule is CCNC(=NCc1ccc(OC)cc1)N1CCN(c2ccccn2)CC1. The maximum Gasteiger partial charge on any atom is 0.194 e. The zero-order valence-electron chi connectivity index (χ0n) is 15.6. The second-order valence-electron chi connectivity index (χ2n) is 6.18. The molecule has 0 radical (unpaired) electrons. The van der Waals surface area contributed by atoms with E-state index in [9.17, 15) is 0 Å². The van der Waals surface area contributed by atoms with Crippen LogP contribution in [-0.2, 0) is 6.54 Å². The molecule has 0 spiro atoms. The van der Waals surface area contributed by atoms with Gasteiger partial charge in [-0.1, -0.05) is 18.2 Å². The summed E-state index contributed by atoms with van der Waals surface area (Å²) in [5.41, 5.74) is 1.17. The second-order valence-corrected chi connectivity index (χ2v) is 6.18. The van der Waals surface area contributed by atoms with Gasteiger partial charge in [0.2, 0.25) is 0 Å². The molecule has 2 heterocycles. The summed E-state index contributed by atoms with van der Waals surface area (Å²) < 4.78 is 5.21. The van der Waals surface area contributed by atoms with E-state index in [2.05, 4.69) is 45.2 Å². The van der Waals surface area contributed by atoms with E-state index < -0.39 is 0 Å². The van der Waals surface area contributed by atoms with Crippen LogP contribution in [-0.4, -0.2) is 55.7 Å². The van der Waals surface area contributed by atoms with Gasteiger partial charge in [-0.25, -0.2) is 9.98 Å². The van der Waals surface area contributed by atoms with Crippen LogP contribution in [0.15, 0.2) is 53.7 Å². The number of aromatic nitrogens is 1. The Kier molecular flexibility index (Phi) is 6.30. The summed E-state index contributed by atoms with van der Waals surface area (Å²) in [7, 11) is 1.68. The number of hydrogen-bond donors (Lipinski definition) is 1. The molecule has 2 aromatic rings. The van der Waals surface area contributed by atoms with E-state index in [4.69, 9.17) is 9.73 Å². The van der Waals surface area contributed by atoms with Crippen molar-refractivity contribution in [3.8, 4) is 5.75 Å². The summed E-state index contributed by atoms with van der Waals surface area (Å²) in [6, 6.07) is 14.1. The average molecular weight is 353 g/mol. The Hall–Kier alpha value is -2.76. The lowest BCUT2D eigenvalue weighted by Crippen LogP contribution is -2.52. The van der Waals surface area contributed by atoms with E-state index in [0.29, 0.717) is 6.54 Å². The number of guanidine groups is 1. The van der Waals surface area contributed by atoms with Crippen molar-refractivity contribution in [1.82, 2.24) is 15.2 Å². The van der Waals surface area contributed by atoms with Crippen LogP contribution < -0.4 is 15.0 Å². The molecule has 0 unspecified atom stereocenters. The van der Waals surface area contributed by atoms with Gasteiger partial charge in [-0.15, -0.1) is 0 Å². The van der Waals surface area contributed by atoms with E-state index in [1.807, 2.05) is 30.5 Å². The lowest BCUT2D eigenvalue weighted by molar-refractivity contribution is 0.371. The quantitative estimate of drug-likeness (QED) is 0.661. The fraction of sp³-hybridized carbons (Fsp3) is 0.400. The number of pyridine rings is 1. The fourth-order valence-corrected chi connectivity index (χ4v) is 3.01. The van der Waals surface area contributed by atoms with E-state index in [1.54, 1.807) is 7.11 Å². The van der Waals surface area contributed by atoms with E-state index in [-0.39, 0.29) is 0 Å². The molecule has 1 aliphatic heterocycles. The molecule has 6 nitrogen and oxygen atoms in total. The molecule has 0 atom stereocenters. The Morgan fingerprint density at radius 1 is 1.12 bits per heavy atom. The van der Waals surface area contributed by atoms with E-state index >= 15 is 0 Å². The number of anilines is 1. The summed E-state index contributed by atoms with van der Waals surface area (Å²) in [5.74, 6) is 2.89. The molecule has 0 amide bonds. The smallest absolute Gasteiger partial charge is 0.194 e. The topological polar surface area (TPSA) is 53.0 Å². The molecule has 1 saturated heterocycles. The van der Waals surface area contributed by atoms with E-state index in [0.717, 1.165) is 50.3 Å². The zero-order valence-corrected chi connectivity index (χ0v) is 15.6. The van der Waals surface area contributed by atoms with Crippen molar-refractivity contribution in [2.45, 2.75) is 13.5 Å². The number of piperazine rings is 1. The summed E-state index contributed by atoms with van der Waals surface area (Å²) in [4.78, 5) is 13.9. The first kappa shape index (κ1) is 18.0. The van der Waals surface area contributed by atoms with Crippen molar-refractivity contribution in [2.24, 2.45) is 4.99 Å². The van der Waals surface area contributed by atoms with Crippen LogP contribution in [0.5, 0.6) is 5.75 Å². The number of rotatable bonds is 5. The summed E-state index contributed by atoms with van der Waals surface area (Å²) in [5, 5.41) is 3.42. The number of nitrogens with one attached hydrogen (secondary N) is 1. The third kappa shape index (κ3) is 4.65. The van der Waals surface area contributed by atoms with Gasteiger partial charge in [-0.3, -0.25) is 0 Å². The van der Waals surface area contributed by atoms with Crippen molar-refractivity contribution >= 4 is 11.8 Å². The molecule has 1 fully saturated rings. The van der Waals surface area contributed by atoms with Gasteiger partial charge in [-0.05, 0) is 36.8 Å². The van der Waals surface area contributed by atoms with Crippen molar-refractivity contribution in [2.75, 3.05) is 44.7 Å². The van der Waals surface area contributed by atoms with Crippen LogP contribution in [0, 0.1) is 0 Å². The molecule has 1 aromatic carbocycles. The van der Waals surface area contributed by atoms with Crippen molar-refractivity contribution in [1.29, 1.82) is 0 Å². The number of benzene rings is 1. The highest BCUT2D eigenvalue weighted by molar-refractivity contribution is 5.80. The highest BCUT2D eigenvalue weighted by Crippen LogP contribution is 2.14. The van der Waals surface area contributed by atoms with Crippen molar-refractivity contribution < 1.29 is 4.74 Å². The van der Waals surface area contributed by atoms with Crippen LogP contribution in [0.4, 0.5) is 5.82 Å². The van der Waals surface area contributed by atoms with Gasteiger partial charge in [0.25, 0.3) is 0 Å². The summed E-state index contributed by atoms with van der Waals surface area (Å²) in [6.45, 7) is 7.39. The van der Waals surface area contributed by atoms with Gasteiger partial charge >= 0.3 is 0 Å². The third-order valence-electron chi connectivity index (χ3n) is 4.46. The van der Waals surface area contributed by atoms with Crippen molar-refractivity contribution in [3.05, 3.63) is 54.2 Å². The Morgan fingerprint density at radius 2 is 1.88 bits per heavy atom. The maximum absolute atomic E-state index is 5.21. The first-order valence-electron chi connectivity index (χ1n) is 9.12. The van der Waals surface area contributed by atoms with Crippen LogP contribution >= 0.6 is 0 Å². The molecule has 1 aromatic heterocycles. The number of methoxy groups -OCH3 is 1. The average Bonchev–Trinajstić information content (AvgIpc) is 2.72. The Labute approximate surface area is 155 Å². The summed E-state index contributed by atoms with van der Waals surface area (Å²) in [6.07, 6.45) is 1.85. The lowest BCUT2D eigenvalue weighted by Gasteiger charge is -2.37. The van der Waals surface area contributed by atoms with Gasteiger partial charge in [0, 0.05) is 38.9 Å². The maximum atomic E-state index is 5.21. The number of hydrogen-bond acceptors (Lipinski definition) is 4. The number of nitrogens with zero attached hydrogens (tertiary/aromatic N) is 4. The van der Waals surface area contributed by atoms with Crippen LogP contribution in [0.3, 0.4) is 0 Å². The Morgan fingerprint density at radius 3 is 2.50 bits per heavy atom. The van der Waals surface area contributed by atoms with Crippen LogP contribution in [0.25, 0.3) is 0 Å². The summed E-state index contributed by atoms with van der Waals surface area (Å²) >= 11 is 0. The molecule has 6 heteroatoms. The Bertz CT molecular complexity index is 694. The van der Waals surface area contributed by atoms with Crippen molar-refractivity contribution in [3.63, 3.8) is 0 Å².